The van der Waals surface area contributed by atoms with Crippen molar-refractivity contribution in [1.82, 2.24) is 5.32 Å². The topological polar surface area (TPSA) is 65.3 Å². The standard InChI is InChI=1S/C13H18N2O2/c1-10(2)17-12-5-3-4-11(8-12)13(9-14)15-6-7-16/h3-5,8,10,13,15-16H,6-7H2,1-2H3. The first-order valence-corrected chi connectivity index (χ1v) is 5.68. The molecule has 2 N–H and O–H groups in total. The maximum absolute atomic E-state index is 9.04. The molecule has 0 aliphatic carbocycles. The average molecular weight is 234 g/mol. The van der Waals surface area contributed by atoms with Crippen LogP contribution in [0.1, 0.15) is 25.5 Å². The minimum absolute atomic E-state index is 0.0143. The number of nitriles is 1. The molecule has 4 heteroatoms. The van der Waals surface area contributed by atoms with E-state index in [1.807, 2.05) is 38.1 Å². The van der Waals surface area contributed by atoms with Gasteiger partial charge in [-0.3, -0.25) is 5.32 Å². The molecule has 0 aliphatic heterocycles. The van der Waals surface area contributed by atoms with Gasteiger partial charge in [0.2, 0.25) is 0 Å². The number of nitrogens with one attached hydrogen (secondary N) is 1. The van der Waals surface area contributed by atoms with Gasteiger partial charge in [0.1, 0.15) is 11.8 Å². The summed E-state index contributed by atoms with van der Waals surface area (Å²) < 4.78 is 5.57. The highest BCUT2D eigenvalue weighted by Crippen LogP contribution is 2.19. The van der Waals surface area contributed by atoms with Gasteiger partial charge in [0, 0.05) is 6.54 Å². The molecule has 1 atom stereocenters. The van der Waals surface area contributed by atoms with E-state index in [-0.39, 0.29) is 12.7 Å². The van der Waals surface area contributed by atoms with Crippen molar-refractivity contribution in [3.05, 3.63) is 29.8 Å². The molecule has 0 heterocycles. The summed E-state index contributed by atoms with van der Waals surface area (Å²) in [5, 5.41) is 20.7. The molecule has 4 nitrogen and oxygen atoms in total. The molecule has 0 fully saturated rings. The zero-order valence-corrected chi connectivity index (χ0v) is 10.2. The largest absolute Gasteiger partial charge is 0.491 e. The lowest BCUT2D eigenvalue weighted by Gasteiger charge is -2.14. The van der Waals surface area contributed by atoms with Crippen LogP contribution in [-0.4, -0.2) is 24.4 Å². The van der Waals surface area contributed by atoms with Crippen molar-refractivity contribution in [2.45, 2.75) is 26.0 Å². The van der Waals surface area contributed by atoms with Crippen LogP contribution >= 0.6 is 0 Å². The molecule has 0 radical (unpaired) electrons. The molecule has 0 saturated carbocycles. The molecule has 0 aliphatic rings. The highest BCUT2D eigenvalue weighted by molar-refractivity contribution is 5.33. The van der Waals surface area contributed by atoms with Crippen molar-refractivity contribution in [3.63, 3.8) is 0 Å². The second-order valence-electron chi connectivity index (χ2n) is 3.98. The molecular formula is C13H18N2O2. The summed E-state index contributed by atoms with van der Waals surface area (Å²) in [5.74, 6) is 0.753. The van der Waals surface area contributed by atoms with Crippen LogP contribution in [0.15, 0.2) is 24.3 Å². The summed E-state index contributed by atoms with van der Waals surface area (Å²) >= 11 is 0. The Morgan fingerprint density at radius 2 is 2.24 bits per heavy atom. The van der Waals surface area contributed by atoms with Gasteiger partial charge in [-0.05, 0) is 31.5 Å². The van der Waals surface area contributed by atoms with Crippen LogP contribution in [0.25, 0.3) is 0 Å². The zero-order chi connectivity index (χ0) is 12.7. The van der Waals surface area contributed by atoms with Crippen LogP contribution in [0.3, 0.4) is 0 Å². The van der Waals surface area contributed by atoms with Crippen LogP contribution in [0.2, 0.25) is 0 Å². The number of ether oxygens (including phenoxy) is 1. The number of aliphatic hydroxyl groups is 1. The molecule has 17 heavy (non-hydrogen) atoms. The predicted octanol–water partition coefficient (Wildman–Crippen LogP) is 1.62. The number of hydrogen-bond donors (Lipinski definition) is 2. The van der Waals surface area contributed by atoms with Crippen molar-refractivity contribution in [2.75, 3.05) is 13.2 Å². The van der Waals surface area contributed by atoms with Gasteiger partial charge in [-0.25, -0.2) is 0 Å². The lowest BCUT2D eigenvalue weighted by molar-refractivity contribution is 0.242. The second-order valence-corrected chi connectivity index (χ2v) is 3.98. The summed E-state index contributed by atoms with van der Waals surface area (Å²) in [6, 6.07) is 9.17. The van der Waals surface area contributed by atoms with Crippen LogP contribution in [0.5, 0.6) is 5.75 Å². The highest BCUT2D eigenvalue weighted by atomic mass is 16.5. The van der Waals surface area contributed by atoms with E-state index in [9.17, 15) is 0 Å². The first-order valence-electron chi connectivity index (χ1n) is 5.68. The Labute approximate surface area is 102 Å². The first-order chi connectivity index (χ1) is 8.17. The number of rotatable bonds is 6. The van der Waals surface area contributed by atoms with E-state index in [0.717, 1.165) is 11.3 Å². The molecule has 0 bridgehead atoms. The minimum Gasteiger partial charge on any atom is -0.491 e. The molecule has 0 amide bonds. The van der Waals surface area contributed by atoms with Gasteiger partial charge in [-0.2, -0.15) is 5.26 Å². The van der Waals surface area contributed by atoms with Crippen molar-refractivity contribution in [2.24, 2.45) is 0 Å². The fourth-order valence-corrected chi connectivity index (χ4v) is 1.49. The molecule has 1 aromatic carbocycles. The maximum atomic E-state index is 9.04. The van der Waals surface area contributed by atoms with Gasteiger partial charge in [-0.1, -0.05) is 12.1 Å². The maximum Gasteiger partial charge on any atom is 0.121 e. The molecule has 0 aromatic heterocycles. The zero-order valence-electron chi connectivity index (χ0n) is 10.2. The van der Waals surface area contributed by atoms with Gasteiger partial charge < -0.3 is 9.84 Å². The third-order valence-corrected chi connectivity index (χ3v) is 2.15. The normalized spacial score (nSPS) is 12.2. The Hall–Kier alpha value is -1.57. The molecular weight excluding hydrogens is 216 g/mol. The summed E-state index contributed by atoms with van der Waals surface area (Å²) in [7, 11) is 0. The number of hydrogen-bond acceptors (Lipinski definition) is 4. The molecule has 92 valence electrons. The minimum atomic E-state index is -0.419. The Morgan fingerprint density at radius 3 is 2.82 bits per heavy atom. The lowest BCUT2D eigenvalue weighted by Crippen LogP contribution is -2.23. The Balaban J connectivity index is 2.78. The van der Waals surface area contributed by atoms with E-state index in [2.05, 4.69) is 11.4 Å². The van der Waals surface area contributed by atoms with E-state index >= 15 is 0 Å². The van der Waals surface area contributed by atoms with E-state index in [1.165, 1.54) is 0 Å². The van der Waals surface area contributed by atoms with E-state index in [0.29, 0.717) is 6.54 Å². The van der Waals surface area contributed by atoms with Gasteiger partial charge >= 0.3 is 0 Å². The summed E-state index contributed by atoms with van der Waals surface area (Å²) in [6.07, 6.45) is 0.108. The van der Waals surface area contributed by atoms with Crippen molar-refractivity contribution in [1.29, 1.82) is 5.26 Å². The number of aliphatic hydroxyl groups excluding tert-OH is 1. The highest BCUT2D eigenvalue weighted by Gasteiger charge is 2.10. The molecule has 1 aromatic rings. The number of benzene rings is 1. The summed E-state index contributed by atoms with van der Waals surface area (Å²) in [5.41, 5.74) is 0.846. The molecule has 1 rings (SSSR count). The van der Waals surface area contributed by atoms with Crippen molar-refractivity contribution >= 4 is 0 Å². The van der Waals surface area contributed by atoms with E-state index < -0.39 is 6.04 Å². The average Bonchev–Trinajstić information content (AvgIpc) is 2.30. The lowest BCUT2D eigenvalue weighted by atomic mass is 10.1. The Bertz CT molecular complexity index is 385. The Kier molecular flexibility index (Phi) is 5.47. The van der Waals surface area contributed by atoms with Crippen LogP contribution in [0, 0.1) is 11.3 Å². The Morgan fingerprint density at radius 1 is 1.47 bits per heavy atom. The fraction of sp³-hybridized carbons (Fsp3) is 0.462. The quantitative estimate of drug-likeness (QED) is 0.785. The molecule has 1 unspecified atom stereocenters. The number of nitrogens with zero attached hydrogens (tertiary/aromatic N) is 1. The third kappa shape index (κ3) is 4.43. The van der Waals surface area contributed by atoms with Gasteiger partial charge in [0.25, 0.3) is 0 Å². The first kappa shape index (κ1) is 13.5. The smallest absolute Gasteiger partial charge is 0.121 e. The van der Waals surface area contributed by atoms with Gasteiger partial charge in [0.05, 0.1) is 18.8 Å². The second kappa shape index (κ2) is 6.89. The van der Waals surface area contributed by atoms with E-state index in [1.54, 1.807) is 0 Å². The van der Waals surface area contributed by atoms with Gasteiger partial charge in [0.15, 0.2) is 0 Å². The van der Waals surface area contributed by atoms with Crippen LogP contribution in [0.4, 0.5) is 0 Å². The van der Waals surface area contributed by atoms with Crippen LogP contribution < -0.4 is 10.1 Å². The third-order valence-electron chi connectivity index (χ3n) is 2.15. The molecule has 0 spiro atoms. The van der Waals surface area contributed by atoms with E-state index in [4.69, 9.17) is 15.1 Å². The predicted molar refractivity (Wildman–Crippen MR) is 65.6 cm³/mol. The monoisotopic (exact) mass is 234 g/mol. The van der Waals surface area contributed by atoms with Gasteiger partial charge in [-0.15, -0.1) is 0 Å². The van der Waals surface area contributed by atoms with Crippen molar-refractivity contribution < 1.29 is 9.84 Å². The summed E-state index contributed by atoms with van der Waals surface area (Å²) in [6.45, 7) is 4.32. The van der Waals surface area contributed by atoms with Crippen molar-refractivity contribution in [3.8, 4) is 11.8 Å². The fourth-order valence-electron chi connectivity index (χ4n) is 1.49. The SMILES string of the molecule is CC(C)Oc1cccc(C(C#N)NCCO)c1. The summed E-state index contributed by atoms with van der Waals surface area (Å²) in [4.78, 5) is 0. The molecule has 0 saturated heterocycles. The van der Waals surface area contributed by atoms with Crippen LogP contribution in [-0.2, 0) is 0 Å².